The average molecular weight is 585 g/mol. The third kappa shape index (κ3) is 12.9. The Bertz CT molecular complexity index is 317. The summed E-state index contributed by atoms with van der Waals surface area (Å²) in [6.45, 7) is 40.0. The molecule has 2 rings (SSSR count). The fourth-order valence-electron chi connectivity index (χ4n) is 2.81. The van der Waals surface area contributed by atoms with Gasteiger partial charge in [-0.3, -0.25) is 0 Å². The Morgan fingerprint density at radius 1 is 0.267 bits per heavy atom. The summed E-state index contributed by atoms with van der Waals surface area (Å²) in [5, 5.41) is 0. The summed E-state index contributed by atoms with van der Waals surface area (Å²) in [5.74, 6) is 14.7. The van der Waals surface area contributed by atoms with E-state index in [-0.39, 0.29) is 39.0 Å². The van der Waals surface area contributed by atoms with E-state index in [4.69, 9.17) is 18.6 Å². The zero-order valence-electron chi connectivity index (χ0n) is 19.3. The first-order valence-corrected chi connectivity index (χ1v) is 8.32. The number of rotatable bonds is 0. The van der Waals surface area contributed by atoms with Crippen LogP contribution in [0.5, 0.6) is 0 Å². The van der Waals surface area contributed by atoms with Crippen LogP contribution in [-0.4, -0.2) is 0 Å². The van der Waals surface area contributed by atoms with Crippen molar-refractivity contribution in [1.82, 2.24) is 0 Å². The molecule has 0 amide bonds. The van der Waals surface area contributed by atoms with Crippen LogP contribution >= 0.6 is 0 Å². The summed E-state index contributed by atoms with van der Waals surface area (Å²) >= 11 is 0. The second-order valence-corrected chi connectivity index (χ2v) is 6.25. The molecule has 0 aromatic carbocycles. The molecular formula is C24H30O4Ru2+2. The Balaban J connectivity index is -0.0000000686. The Morgan fingerprint density at radius 3 is 0.333 bits per heavy atom. The van der Waals surface area contributed by atoms with Crippen molar-refractivity contribution in [3.8, 4) is 0 Å². The summed E-state index contributed by atoms with van der Waals surface area (Å²) < 4.78 is 30.0. The normalized spacial score (nSPS) is 19.3. The van der Waals surface area contributed by atoms with Gasteiger partial charge in [0.1, 0.15) is 0 Å². The molecule has 2 fully saturated rings. The molecule has 0 unspecified atom stereocenters. The molecule has 0 spiro atoms. The summed E-state index contributed by atoms with van der Waals surface area (Å²) in [5.41, 5.74) is 0. The van der Waals surface area contributed by atoms with Crippen LogP contribution in [0.4, 0.5) is 0 Å². The van der Waals surface area contributed by atoms with Crippen LogP contribution in [0.3, 0.4) is 0 Å². The average Bonchev–Trinajstić information content (AvgIpc) is 3.04. The molecule has 0 aromatic heterocycles. The molecule has 0 saturated heterocycles. The van der Waals surface area contributed by atoms with E-state index in [9.17, 15) is 0 Å². The minimum atomic E-state index is 0. The molecule has 164 valence electrons. The molecule has 2 saturated carbocycles. The molecule has 2 aliphatic rings. The molecule has 6 heteroatoms. The zero-order chi connectivity index (χ0) is 23.8. The smallest absolute Gasteiger partial charge is 1.00 e. The van der Waals surface area contributed by atoms with Crippen molar-refractivity contribution in [3.05, 3.63) is 85.8 Å². The quantitative estimate of drug-likeness (QED) is 0.196. The Kier molecular flexibility index (Phi) is 37.3. The van der Waals surface area contributed by atoms with Gasteiger partial charge in [-0.2, -0.15) is 0 Å². The fourth-order valence-corrected chi connectivity index (χ4v) is 2.81. The summed E-state index contributed by atoms with van der Waals surface area (Å²) in [4.78, 5) is 0. The van der Waals surface area contributed by atoms with Gasteiger partial charge in [0, 0.05) is 0 Å². The topological polar surface area (TPSA) is 79.6 Å². The van der Waals surface area contributed by atoms with E-state index in [1.165, 1.54) is 59.2 Å². The van der Waals surface area contributed by atoms with Gasteiger partial charge < -0.3 is 0 Å². The zero-order valence-corrected chi connectivity index (χ0v) is 22.8. The maximum Gasteiger partial charge on any atom is 1.00 e. The Morgan fingerprint density at radius 2 is 0.300 bits per heavy atom. The van der Waals surface area contributed by atoms with E-state index in [2.05, 4.69) is 95.8 Å². The van der Waals surface area contributed by atoms with Crippen LogP contribution in [0.2, 0.25) is 0 Å². The van der Waals surface area contributed by atoms with Gasteiger partial charge in [0.05, 0.1) is 0 Å². The monoisotopic (exact) mass is 586 g/mol. The molecule has 0 aromatic rings. The molecule has 0 heterocycles. The molecule has 0 bridgehead atoms. The van der Waals surface area contributed by atoms with E-state index in [0.29, 0.717) is 0 Å². The van der Waals surface area contributed by atoms with Gasteiger partial charge >= 0.3 is 84.2 Å². The molecular weight excluding hydrogens is 554 g/mol. The van der Waals surface area contributed by atoms with Crippen LogP contribution in [-0.2, 0) is 57.6 Å². The van der Waals surface area contributed by atoms with Gasteiger partial charge in [-0.25, -0.2) is 0 Å². The first-order chi connectivity index (χ1) is 13.1. The number of hydrogen-bond donors (Lipinski definition) is 0. The maximum absolute atomic E-state index is 7.50. The van der Waals surface area contributed by atoms with Gasteiger partial charge in [0.25, 0.3) is 0 Å². The van der Waals surface area contributed by atoms with E-state index < -0.39 is 0 Å². The molecule has 2 aliphatic carbocycles. The van der Waals surface area contributed by atoms with E-state index in [1.54, 1.807) is 0 Å². The Labute approximate surface area is 211 Å². The van der Waals surface area contributed by atoms with Crippen LogP contribution in [0, 0.1) is 85.8 Å². The third-order valence-corrected chi connectivity index (χ3v) is 5.62. The largest absolute Gasteiger partial charge is 1.00 e. The van der Waals surface area contributed by atoms with Gasteiger partial charge in [0.2, 0.25) is 0 Å². The van der Waals surface area contributed by atoms with E-state index in [1.807, 2.05) is 0 Å². The predicted octanol–water partition coefficient (Wildman–Crippen LogP) is 5.79. The molecule has 0 atom stereocenters. The van der Waals surface area contributed by atoms with Crippen LogP contribution in [0.1, 0.15) is 69.2 Å². The van der Waals surface area contributed by atoms with Crippen LogP contribution < -0.4 is 0 Å². The summed E-state index contributed by atoms with van der Waals surface area (Å²) in [7, 11) is 0. The standard InChI is InChI=1S/2C10H15.4CO.2Ru/c2*1-6-7(2)9(4)10(5)8(6)3;4*1-2;;/h2*1-5H3;;;;;;/q;;;;;;2*+1. The van der Waals surface area contributed by atoms with Gasteiger partial charge in [-0.15, -0.1) is 0 Å². The molecule has 0 N–H and O–H groups in total. The van der Waals surface area contributed by atoms with Crippen molar-refractivity contribution in [1.29, 1.82) is 0 Å². The van der Waals surface area contributed by atoms with Crippen LogP contribution in [0.15, 0.2) is 0 Å². The van der Waals surface area contributed by atoms with Crippen molar-refractivity contribution in [2.24, 2.45) is 0 Å². The van der Waals surface area contributed by atoms with Gasteiger partial charge in [-0.05, 0) is 59.2 Å². The summed E-state index contributed by atoms with van der Waals surface area (Å²) in [6, 6.07) is 0. The van der Waals surface area contributed by atoms with Crippen molar-refractivity contribution >= 4 is 0 Å². The van der Waals surface area contributed by atoms with E-state index in [0.717, 1.165) is 0 Å². The summed E-state index contributed by atoms with van der Waals surface area (Å²) in [6.07, 6.45) is 0. The molecule has 30 heavy (non-hydrogen) atoms. The first kappa shape index (κ1) is 44.0. The second kappa shape index (κ2) is 25.5. The number of hydrogen-bond acceptors (Lipinski definition) is 0. The second-order valence-electron chi connectivity index (χ2n) is 6.25. The van der Waals surface area contributed by atoms with Crippen molar-refractivity contribution in [3.63, 3.8) is 0 Å². The fraction of sp³-hybridized carbons (Fsp3) is 0.417. The minimum absolute atomic E-state index is 0. The van der Waals surface area contributed by atoms with Crippen molar-refractivity contribution in [2.45, 2.75) is 69.2 Å². The van der Waals surface area contributed by atoms with Crippen LogP contribution in [0.25, 0.3) is 0 Å². The SMILES string of the molecule is C[C]1[C](C)[C](C)[C](C)[C]1C.C[C]1[C](C)[C](C)[C](C)[C]1C.[C-]#[O+].[C-]#[O+].[C-]#[O+].[C-]#[O+].[Ru+].[Ru+]. The predicted molar refractivity (Wildman–Crippen MR) is 105 cm³/mol. The van der Waals surface area contributed by atoms with Crippen molar-refractivity contribution in [2.75, 3.05) is 0 Å². The van der Waals surface area contributed by atoms with Crippen molar-refractivity contribution < 1.29 is 57.6 Å². The minimum Gasteiger partial charge on any atom is 1.00 e. The maximum atomic E-state index is 7.50. The van der Waals surface area contributed by atoms with E-state index >= 15 is 0 Å². The molecule has 4 nitrogen and oxygen atoms in total. The van der Waals surface area contributed by atoms with Gasteiger partial charge in [-0.1, -0.05) is 69.2 Å². The molecule has 12 radical (unpaired) electrons. The Hall–Kier alpha value is 0.207. The van der Waals surface area contributed by atoms with Gasteiger partial charge in [0.15, 0.2) is 0 Å². The third-order valence-electron chi connectivity index (χ3n) is 5.62. The first-order valence-electron chi connectivity index (χ1n) is 8.32. The molecule has 0 aliphatic heterocycles.